The Morgan fingerprint density at radius 1 is 1.10 bits per heavy atom. The van der Waals surface area contributed by atoms with Crippen LogP contribution in [-0.2, 0) is 17.8 Å². The van der Waals surface area contributed by atoms with E-state index in [1.165, 1.54) is 0 Å². The fourth-order valence-electron chi connectivity index (χ4n) is 2.99. The molecule has 6 heteroatoms. The lowest BCUT2D eigenvalue weighted by atomic mass is 9.98. The van der Waals surface area contributed by atoms with Crippen LogP contribution < -0.4 is 21.1 Å². The average molecular weight is 400 g/mol. The summed E-state index contributed by atoms with van der Waals surface area (Å²) in [5.41, 5.74) is 7.98. The van der Waals surface area contributed by atoms with E-state index in [0.717, 1.165) is 16.9 Å². The van der Waals surface area contributed by atoms with E-state index in [1.54, 1.807) is 14.0 Å². The van der Waals surface area contributed by atoms with Gasteiger partial charge in [-0.25, -0.2) is 0 Å². The average Bonchev–Trinajstić information content (AvgIpc) is 2.73. The molecule has 0 aliphatic heterocycles. The highest BCUT2D eigenvalue weighted by Crippen LogP contribution is 2.13. The van der Waals surface area contributed by atoms with Gasteiger partial charge in [0.1, 0.15) is 5.75 Å². The van der Waals surface area contributed by atoms with Crippen molar-refractivity contribution in [2.45, 2.75) is 45.0 Å². The quantitative estimate of drug-likeness (QED) is 0.462. The lowest BCUT2D eigenvalue weighted by Gasteiger charge is -2.27. The van der Waals surface area contributed by atoms with E-state index in [4.69, 9.17) is 10.5 Å². The van der Waals surface area contributed by atoms with Gasteiger partial charge >= 0.3 is 0 Å². The van der Waals surface area contributed by atoms with Crippen LogP contribution in [0.4, 0.5) is 0 Å². The summed E-state index contributed by atoms with van der Waals surface area (Å²) in [6.45, 7) is 4.55. The van der Waals surface area contributed by atoms with Crippen molar-refractivity contribution in [3.63, 3.8) is 0 Å². The van der Waals surface area contributed by atoms with Gasteiger partial charge in [0.25, 0.3) is 0 Å². The molecule has 5 N–H and O–H groups in total. The summed E-state index contributed by atoms with van der Waals surface area (Å²) in [7, 11) is 1.64. The molecule has 0 bridgehead atoms. The molecule has 158 valence electrons. The number of hydrogen-bond donors (Lipinski definition) is 4. The number of amides is 1. The summed E-state index contributed by atoms with van der Waals surface area (Å²) in [6.07, 6.45) is -0.203. The molecule has 4 atom stereocenters. The number of aliphatic hydroxyl groups excluding tert-OH is 1. The third-order valence-electron chi connectivity index (χ3n) is 5.11. The second-order valence-electron chi connectivity index (χ2n) is 7.50. The highest BCUT2D eigenvalue weighted by atomic mass is 16.5. The third-order valence-corrected chi connectivity index (χ3v) is 5.11. The maximum atomic E-state index is 12.5. The van der Waals surface area contributed by atoms with Gasteiger partial charge in [0.05, 0.1) is 19.3 Å². The van der Waals surface area contributed by atoms with Gasteiger partial charge in [0.15, 0.2) is 0 Å². The van der Waals surface area contributed by atoms with E-state index in [-0.39, 0.29) is 17.9 Å². The molecular weight excluding hydrogens is 366 g/mol. The maximum Gasteiger partial charge on any atom is 0.224 e. The van der Waals surface area contributed by atoms with Crippen LogP contribution in [0, 0.1) is 5.92 Å². The molecule has 2 aromatic rings. The zero-order valence-electron chi connectivity index (χ0n) is 17.5. The van der Waals surface area contributed by atoms with E-state index in [2.05, 4.69) is 10.6 Å². The molecule has 4 unspecified atom stereocenters. The van der Waals surface area contributed by atoms with Crippen molar-refractivity contribution in [3.05, 3.63) is 65.7 Å². The SMILES string of the molecule is COc1cccc(CNCC(O)C(Cc2ccccc2)NC(=O)C(C)C(C)N)c1. The third kappa shape index (κ3) is 7.49. The number of nitrogens with one attached hydrogen (secondary N) is 2. The summed E-state index contributed by atoms with van der Waals surface area (Å²) in [4.78, 5) is 12.5. The number of carbonyl (C=O) groups is 1. The summed E-state index contributed by atoms with van der Waals surface area (Å²) in [5.74, 6) is 0.321. The summed E-state index contributed by atoms with van der Waals surface area (Å²) < 4.78 is 5.24. The molecular formula is C23H33N3O3. The van der Waals surface area contributed by atoms with Crippen molar-refractivity contribution in [3.8, 4) is 5.75 Å². The Kier molecular flexibility index (Phi) is 9.12. The van der Waals surface area contributed by atoms with Gasteiger partial charge in [-0.05, 0) is 36.6 Å². The highest BCUT2D eigenvalue weighted by Gasteiger charge is 2.25. The fraction of sp³-hybridized carbons (Fsp3) is 0.435. The molecule has 0 aliphatic carbocycles. The number of ether oxygens (including phenoxy) is 1. The van der Waals surface area contributed by atoms with Crippen LogP contribution in [0.15, 0.2) is 54.6 Å². The predicted octanol–water partition coefficient (Wildman–Crippen LogP) is 1.86. The summed E-state index contributed by atoms with van der Waals surface area (Å²) >= 11 is 0. The minimum absolute atomic E-state index is 0.146. The summed E-state index contributed by atoms with van der Waals surface area (Å²) in [6, 6.07) is 16.9. The van der Waals surface area contributed by atoms with Gasteiger partial charge in [0, 0.05) is 25.0 Å². The number of nitrogens with two attached hydrogens (primary N) is 1. The molecule has 6 nitrogen and oxygen atoms in total. The maximum absolute atomic E-state index is 12.5. The molecule has 0 fully saturated rings. The van der Waals surface area contributed by atoms with Crippen LogP contribution in [0.2, 0.25) is 0 Å². The number of benzene rings is 2. The first-order valence-corrected chi connectivity index (χ1v) is 10.0. The molecule has 0 aromatic heterocycles. The van der Waals surface area contributed by atoms with Crippen LogP contribution in [0.25, 0.3) is 0 Å². The molecule has 0 spiro atoms. The Balaban J connectivity index is 1.98. The first kappa shape index (κ1) is 22.9. The Labute approximate surface area is 173 Å². The molecule has 29 heavy (non-hydrogen) atoms. The van der Waals surface area contributed by atoms with Gasteiger partial charge < -0.3 is 26.2 Å². The molecule has 0 aliphatic rings. The van der Waals surface area contributed by atoms with Crippen molar-refractivity contribution in [1.29, 1.82) is 0 Å². The fourth-order valence-corrected chi connectivity index (χ4v) is 2.99. The van der Waals surface area contributed by atoms with Crippen LogP contribution in [0.3, 0.4) is 0 Å². The minimum Gasteiger partial charge on any atom is -0.497 e. The zero-order chi connectivity index (χ0) is 21.2. The van der Waals surface area contributed by atoms with E-state index in [9.17, 15) is 9.90 Å². The Morgan fingerprint density at radius 3 is 2.45 bits per heavy atom. The van der Waals surface area contributed by atoms with Crippen LogP contribution in [0.5, 0.6) is 5.75 Å². The number of hydrogen-bond acceptors (Lipinski definition) is 5. The van der Waals surface area contributed by atoms with Gasteiger partial charge in [-0.2, -0.15) is 0 Å². The molecule has 1 amide bonds. The smallest absolute Gasteiger partial charge is 0.224 e. The summed E-state index contributed by atoms with van der Waals surface area (Å²) in [5, 5.41) is 17.0. The Morgan fingerprint density at radius 2 is 1.79 bits per heavy atom. The number of aliphatic hydroxyl groups is 1. The zero-order valence-corrected chi connectivity index (χ0v) is 17.5. The number of carbonyl (C=O) groups excluding carboxylic acids is 1. The first-order valence-electron chi connectivity index (χ1n) is 10.0. The first-order chi connectivity index (χ1) is 13.9. The van der Waals surface area contributed by atoms with Crippen LogP contribution >= 0.6 is 0 Å². The van der Waals surface area contributed by atoms with E-state index in [1.807, 2.05) is 61.5 Å². The van der Waals surface area contributed by atoms with Gasteiger partial charge in [-0.1, -0.05) is 49.4 Å². The molecule has 2 aromatic carbocycles. The van der Waals surface area contributed by atoms with E-state index in [0.29, 0.717) is 19.5 Å². The Hall–Kier alpha value is -2.41. The molecule has 0 saturated heterocycles. The van der Waals surface area contributed by atoms with Gasteiger partial charge in [0.2, 0.25) is 5.91 Å². The van der Waals surface area contributed by atoms with Crippen LogP contribution in [-0.4, -0.2) is 42.9 Å². The molecule has 2 rings (SSSR count). The van der Waals surface area contributed by atoms with Gasteiger partial charge in [-0.15, -0.1) is 0 Å². The normalized spacial score (nSPS) is 15.2. The van der Waals surface area contributed by atoms with Crippen molar-refractivity contribution >= 4 is 5.91 Å². The molecule has 0 heterocycles. The largest absolute Gasteiger partial charge is 0.497 e. The molecule has 0 saturated carbocycles. The van der Waals surface area contributed by atoms with Crippen molar-refractivity contribution in [2.24, 2.45) is 11.7 Å². The van der Waals surface area contributed by atoms with Crippen molar-refractivity contribution in [1.82, 2.24) is 10.6 Å². The van der Waals surface area contributed by atoms with E-state index >= 15 is 0 Å². The highest BCUT2D eigenvalue weighted by molar-refractivity contribution is 5.79. The van der Waals surface area contributed by atoms with Gasteiger partial charge in [-0.3, -0.25) is 4.79 Å². The molecule has 0 radical (unpaired) electrons. The monoisotopic (exact) mass is 399 g/mol. The minimum atomic E-state index is -0.745. The number of rotatable bonds is 11. The standard InChI is InChI=1S/C23H33N3O3/c1-16(17(2)24)23(28)26-21(13-18-8-5-4-6-9-18)22(27)15-25-14-19-10-7-11-20(12-19)29-3/h4-12,16-17,21-22,25,27H,13-15,24H2,1-3H3,(H,26,28). The predicted molar refractivity (Wildman–Crippen MR) is 116 cm³/mol. The topological polar surface area (TPSA) is 96.6 Å². The Bertz CT molecular complexity index is 752. The number of methoxy groups -OCH3 is 1. The van der Waals surface area contributed by atoms with Crippen molar-refractivity contribution in [2.75, 3.05) is 13.7 Å². The second-order valence-corrected chi connectivity index (χ2v) is 7.50. The van der Waals surface area contributed by atoms with Crippen molar-refractivity contribution < 1.29 is 14.6 Å². The second kappa shape index (κ2) is 11.6. The van der Waals surface area contributed by atoms with Crippen LogP contribution in [0.1, 0.15) is 25.0 Å². The lowest BCUT2D eigenvalue weighted by Crippen LogP contribution is -2.51. The van der Waals surface area contributed by atoms with E-state index < -0.39 is 12.1 Å². The lowest BCUT2D eigenvalue weighted by molar-refractivity contribution is -0.126.